The lowest BCUT2D eigenvalue weighted by atomic mass is 9.95. The largest absolute Gasteiger partial charge is 0.417 e. The summed E-state index contributed by atoms with van der Waals surface area (Å²) < 4.78 is 5.04. The number of fused-ring (bicyclic) bond motifs is 2. The molecule has 3 aromatic carbocycles. The Morgan fingerprint density at radius 2 is 1.87 bits per heavy atom. The molecule has 0 unspecified atom stereocenters. The van der Waals surface area contributed by atoms with Crippen LogP contribution in [0.1, 0.15) is 23.2 Å². The Morgan fingerprint density at radius 3 is 2.73 bits per heavy atom. The summed E-state index contributed by atoms with van der Waals surface area (Å²) in [6.45, 7) is 2.61. The molecule has 2 heterocycles. The van der Waals surface area contributed by atoms with E-state index in [2.05, 4.69) is 57.7 Å². The van der Waals surface area contributed by atoms with Crippen molar-refractivity contribution in [1.82, 2.24) is 10.3 Å². The molecule has 1 saturated heterocycles. The van der Waals surface area contributed by atoms with Crippen molar-refractivity contribution in [2.45, 2.75) is 12.8 Å². The highest BCUT2D eigenvalue weighted by Crippen LogP contribution is 2.30. The number of amides is 1. The highest BCUT2D eigenvalue weighted by atomic mass is 16.4. The van der Waals surface area contributed by atoms with Crippen molar-refractivity contribution in [2.75, 3.05) is 24.5 Å². The van der Waals surface area contributed by atoms with Gasteiger partial charge in [-0.1, -0.05) is 36.4 Å². The summed E-state index contributed by atoms with van der Waals surface area (Å²) in [6, 6.07) is 19.9. The first-order chi connectivity index (χ1) is 14.7. The normalized spacial score (nSPS) is 15.0. The number of benzene rings is 3. The van der Waals surface area contributed by atoms with Gasteiger partial charge >= 0.3 is 5.76 Å². The summed E-state index contributed by atoms with van der Waals surface area (Å²) >= 11 is 0. The molecule has 1 aromatic heterocycles. The van der Waals surface area contributed by atoms with Gasteiger partial charge in [-0.2, -0.15) is 0 Å². The molecule has 0 spiro atoms. The van der Waals surface area contributed by atoms with Crippen molar-refractivity contribution in [3.05, 3.63) is 76.8 Å². The molecule has 1 amide bonds. The molecule has 1 aliphatic heterocycles. The molecule has 0 saturated carbocycles. The Kier molecular flexibility index (Phi) is 4.75. The number of hydrogen-bond donors (Lipinski definition) is 2. The quantitative estimate of drug-likeness (QED) is 0.543. The molecule has 0 radical (unpaired) electrons. The zero-order valence-electron chi connectivity index (χ0n) is 16.6. The number of nitrogens with zero attached hydrogens (tertiary/aromatic N) is 1. The van der Waals surface area contributed by atoms with E-state index >= 15 is 0 Å². The lowest BCUT2D eigenvalue weighted by Crippen LogP contribution is -2.38. The van der Waals surface area contributed by atoms with E-state index in [1.807, 2.05) is 0 Å². The van der Waals surface area contributed by atoms with E-state index in [0.717, 1.165) is 25.9 Å². The van der Waals surface area contributed by atoms with Gasteiger partial charge in [0, 0.05) is 36.3 Å². The molecule has 152 valence electrons. The first-order valence-corrected chi connectivity index (χ1v) is 10.3. The van der Waals surface area contributed by atoms with Crippen molar-refractivity contribution in [3.8, 4) is 0 Å². The van der Waals surface area contributed by atoms with Gasteiger partial charge in [-0.05, 0) is 48.4 Å². The Balaban J connectivity index is 1.19. The Morgan fingerprint density at radius 1 is 1.07 bits per heavy atom. The minimum absolute atomic E-state index is 0.141. The molecule has 0 aliphatic carbocycles. The van der Waals surface area contributed by atoms with Crippen LogP contribution in [0.15, 0.2) is 69.9 Å². The van der Waals surface area contributed by atoms with Gasteiger partial charge in [0.1, 0.15) is 0 Å². The number of rotatable bonds is 4. The highest BCUT2D eigenvalue weighted by Gasteiger charge is 2.21. The molecule has 6 nitrogen and oxygen atoms in total. The lowest BCUT2D eigenvalue weighted by molar-refractivity contribution is 0.0945. The third kappa shape index (κ3) is 3.56. The number of carbonyl (C=O) groups is 1. The van der Waals surface area contributed by atoms with Crippen LogP contribution in [-0.2, 0) is 0 Å². The van der Waals surface area contributed by atoms with E-state index in [0.29, 0.717) is 29.1 Å². The molecular formula is C24H23N3O3. The van der Waals surface area contributed by atoms with Crippen molar-refractivity contribution >= 4 is 33.5 Å². The highest BCUT2D eigenvalue weighted by molar-refractivity contribution is 5.97. The molecule has 2 N–H and O–H groups in total. The van der Waals surface area contributed by atoms with Crippen LogP contribution >= 0.6 is 0 Å². The maximum atomic E-state index is 12.5. The number of piperidine rings is 1. The fraction of sp³-hybridized carbons (Fsp3) is 0.250. The Hall–Kier alpha value is -3.54. The molecule has 6 heteroatoms. The first kappa shape index (κ1) is 18.5. The van der Waals surface area contributed by atoms with Gasteiger partial charge in [0.05, 0.1) is 5.52 Å². The van der Waals surface area contributed by atoms with Gasteiger partial charge in [-0.15, -0.1) is 0 Å². The molecule has 30 heavy (non-hydrogen) atoms. The number of aromatic nitrogens is 1. The van der Waals surface area contributed by atoms with Crippen LogP contribution in [0.3, 0.4) is 0 Å². The van der Waals surface area contributed by atoms with Crippen LogP contribution in [0.2, 0.25) is 0 Å². The minimum atomic E-state index is -0.513. The lowest BCUT2D eigenvalue weighted by Gasteiger charge is -2.34. The van der Waals surface area contributed by atoms with E-state index in [9.17, 15) is 9.59 Å². The van der Waals surface area contributed by atoms with Crippen molar-refractivity contribution < 1.29 is 9.21 Å². The predicted molar refractivity (Wildman–Crippen MR) is 118 cm³/mol. The van der Waals surface area contributed by atoms with Gasteiger partial charge in [0.15, 0.2) is 5.58 Å². The fourth-order valence-corrected chi connectivity index (χ4v) is 4.29. The maximum absolute atomic E-state index is 12.5. The number of anilines is 1. The predicted octanol–water partition coefficient (Wildman–Crippen LogP) is 3.92. The number of H-pyrrole nitrogens is 1. The summed E-state index contributed by atoms with van der Waals surface area (Å²) in [6.07, 6.45) is 2.07. The van der Waals surface area contributed by atoms with E-state index < -0.39 is 5.76 Å². The van der Waals surface area contributed by atoms with Crippen molar-refractivity contribution in [1.29, 1.82) is 0 Å². The summed E-state index contributed by atoms with van der Waals surface area (Å²) in [4.78, 5) is 28.8. The Labute approximate surface area is 173 Å². The van der Waals surface area contributed by atoms with Crippen LogP contribution < -0.4 is 16.0 Å². The van der Waals surface area contributed by atoms with Gasteiger partial charge < -0.3 is 14.6 Å². The van der Waals surface area contributed by atoms with Crippen LogP contribution in [-0.4, -0.2) is 30.5 Å². The number of hydrogen-bond acceptors (Lipinski definition) is 4. The SMILES string of the molecule is O=C(NCC1CCN(c2cccc3ccccc23)CC1)c1ccc2[nH]c(=O)oc2c1. The monoisotopic (exact) mass is 401 g/mol. The fourth-order valence-electron chi connectivity index (χ4n) is 4.29. The second kappa shape index (κ2) is 7.71. The molecule has 0 atom stereocenters. The van der Waals surface area contributed by atoms with Crippen molar-refractivity contribution in [3.63, 3.8) is 0 Å². The maximum Gasteiger partial charge on any atom is 0.417 e. The molecular weight excluding hydrogens is 378 g/mol. The topological polar surface area (TPSA) is 78.3 Å². The summed E-state index contributed by atoms with van der Waals surface area (Å²) in [5.41, 5.74) is 2.78. The standard InChI is InChI=1S/C24H23N3O3/c28-23(18-8-9-20-22(14-18)30-24(29)26-20)25-15-16-10-12-27(13-11-16)21-7-3-5-17-4-1-2-6-19(17)21/h1-9,14,16H,10-13,15H2,(H,25,28)(H,26,29). The van der Waals surface area contributed by atoms with E-state index in [1.165, 1.54) is 16.5 Å². The van der Waals surface area contributed by atoms with Crippen LogP contribution in [0.25, 0.3) is 21.9 Å². The van der Waals surface area contributed by atoms with Gasteiger partial charge in [-0.25, -0.2) is 4.79 Å². The molecule has 4 aromatic rings. The first-order valence-electron chi connectivity index (χ1n) is 10.3. The summed E-state index contributed by atoms with van der Waals surface area (Å²) in [5, 5.41) is 5.59. The van der Waals surface area contributed by atoms with Crippen LogP contribution in [0.4, 0.5) is 5.69 Å². The zero-order valence-corrected chi connectivity index (χ0v) is 16.6. The number of aromatic amines is 1. The molecule has 1 aliphatic rings. The average Bonchev–Trinajstić information content (AvgIpc) is 3.16. The molecule has 0 bridgehead atoms. The van der Waals surface area contributed by atoms with Gasteiger partial charge in [-0.3, -0.25) is 9.78 Å². The smallest absolute Gasteiger partial charge is 0.408 e. The van der Waals surface area contributed by atoms with Crippen molar-refractivity contribution in [2.24, 2.45) is 5.92 Å². The van der Waals surface area contributed by atoms with Gasteiger partial charge in [0.2, 0.25) is 0 Å². The number of oxazole rings is 1. The van der Waals surface area contributed by atoms with E-state index in [1.54, 1.807) is 18.2 Å². The molecule has 5 rings (SSSR count). The van der Waals surface area contributed by atoms with E-state index in [4.69, 9.17) is 4.42 Å². The zero-order chi connectivity index (χ0) is 20.5. The minimum Gasteiger partial charge on any atom is -0.408 e. The Bertz CT molecular complexity index is 1260. The third-order valence-corrected chi connectivity index (χ3v) is 5.96. The molecule has 1 fully saturated rings. The average molecular weight is 401 g/mol. The second-order valence-corrected chi connectivity index (χ2v) is 7.86. The van der Waals surface area contributed by atoms with Crippen LogP contribution in [0, 0.1) is 5.92 Å². The third-order valence-electron chi connectivity index (χ3n) is 5.96. The van der Waals surface area contributed by atoms with Crippen LogP contribution in [0.5, 0.6) is 0 Å². The van der Waals surface area contributed by atoms with E-state index in [-0.39, 0.29) is 5.91 Å². The number of nitrogens with one attached hydrogen (secondary N) is 2. The number of carbonyl (C=O) groups excluding carboxylic acids is 1. The van der Waals surface area contributed by atoms with Gasteiger partial charge in [0.25, 0.3) is 5.91 Å². The second-order valence-electron chi connectivity index (χ2n) is 7.86. The summed E-state index contributed by atoms with van der Waals surface area (Å²) in [5.74, 6) is -0.202. The summed E-state index contributed by atoms with van der Waals surface area (Å²) in [7, 11) is 0.